The number of aromatic nitrogens is 3. The molecule has 0 aromatic carbocycles. The van der Waals surface area contributed by atoms with Crippen LogP contribution < -0.4 is 0 Å². The van der Waals surface area contributed by atoms with Crippen LogP contribution in [0.1, 0.15) is 42.6 Å². The Balaban J connectivity index is 2.27. The number of hydrogen-bond acceptors (Lipinski definition) is 3. The third-order valence-corrected chi connectivity index (χ3v) is 4.27. The number of hydrogen-bond donors (Lipinski definition) is 1. The van der Waals surface area contributed by atoms with Crippen molar-refractivity contribution in [1.29, 1.82) is 0 Å². The molecule has 2 heterocycles. The molecule has 0 radical (unpaired) electrons. The maximum Gasteiger partial charge on any atom is 0.101 e. The molecule has 0 amide bonds. The zero-order valence-corrected chi connectivity index (χ0v) is 13.7. The molecule has 1 atom stereocenters. The molecule has 2 aromatic heterocycles. The maximum atomic E-state index is 10.4. The lowest BCUT2D eigenvalue weighted by atomic mass is 10.1. The van der Waals surface area contributed by atoms with Crippen LogP contribution in [-0.4, -0.2) is 19.9 Å². The summed E-state index contributed by atoms with van der Waals surface area (Å²) in [5, 5.41) is 14.9. The lowest BCUT2D eigenvalue weighted by Gasteiger charge is -2.12. The fourth-order valence-corrected chi connectivity index (χ4v) is 2.97. The Morgan fingerprint density at radius 3 is 2.75 bits per heavy atom. The van der Waals surface area contributed by atoms with Gasteiger partial charge in [0.15, 0.2) is 0 Å². The van der Waals surface area contributed by atoms with Gasteiger partial charge in [-0.1, -0.05) is 6.92 Å². The normalized spacial score (nSPS) is 12.7. The first-order chi connectivity index (χ1) is 9.56. The molecular formula is C15H20BrN3O. The van der Waals surface area contributed by atoms with Crippen LogP contribution >= 0.6 is 15.9 Å². The van der Waals surface area contributed by atoms with E-state index in [0.29, 0.717) is 12.1 Å². The van der Waals surface area contributed by atoms with Crippen LogP contribution in [0, 0.1) is 6.92 Å². The third kappa shape index (κ3) is 3.10. The second-order valence-electron chi connectivity index (χ2n) is 4.85. The van der Waals surface area contributed by atoms with Gasteiger partial charge in [0.05, 0.1) is 21.6 Å². The van der Waals surface area contributed by atoms with Crippen LogP contribution in [0.25, 0.3) is 0 Å². The Morgan fingerprint density at radius 1 is 1.40 bits per heavy atom. The average molecular weight is 338 g/mol. The predicted octanol–water partition coefficient (Wildman–Crippen LogP) is 3.21. The highest BCUT2D eigenvalue weighted by molar-refractivity contribution is 9.10. The fraction of sp³-hybridized carbons (Fsp3) is 0.467. The van der Waals surface area contributed by atoms with Crippen molar-refractivity contribution in [3.05, 3.63) is 45.4 Å². The predicted molar refractivity (Wildman–Crippen MR) is 82.6 cm³/mol. The number of aliphatic hydroxyl groups excluding tert-OH is 1. The summed E-state index contributed by atoms with van der Waals surface area (Å²) < 4.78 is 2.95. The first-order valence-corrected chi connectivity index (χ1v) is 7.70. The van der Waals surface area contributed by atoms with E-state index in [-0.39, 0.29) is 0 Å². The van der Waals surface area contributed by atoms with E-state index in [9.17, 15) is 5.11 Å². The van der Waals surface area contributed by atoms with E-state index in [0.717, 1.165) is 34.4 Å². The first-order valence-electron chi connectivity index (χ1n) is 6.91. The molecule has 4 nitrogen and oxygen atoms in total. The first kappa shape index (κ1) is 15.2. The summed E-state index contributed by atoms with van der Waals surface area (Å²) >= 11 is 3.60. The molecule has 0 aliphatic heterocycles. The van der Waals surface area contributed by atoms with Gasteiger partial charge in [-0.25, -0.2) is 0 Å². The van der Waals surface area contributed by atoms with E-state index in [4.69, 9.17) is 0 Å². The smallest absolute Gasteiger partial charge is 0.101 e. The molecule has 0 saturated carbocycles. The summed E-state index contributed by atoms with van der Waals surface area (Å²) in [7, 11) is 0. The SMILES string of the molecule is CCc1nn(CC)c(CC(O)c2cc(C)ccn2)c1Br. The molecule has 2 aromatic rings. The molecule has 108 valence electrons. The van der Waals surface area contributed by atoms with Crippen molar-refractivity contribution in [2.24, 2.45) is 0 Å². The Kier molecular flexibility index (Phi) is 4.94. The highest BCUT2D eigenvalue weighted by atomic mass is 79.9. The lowest BCUT2D eigenvalue weighted by molar-refractivity contribution is 0.170. The van der Waals surface area contributed by atoms with Gasteiger partial charge in [0.2, 0.25) is 0 Å². The van der Waals surface area contributed by atoms with Gasteiger partial charge in [-0.05, 0) is 53.9 Å². The summed E-state index contributed by atoms with van der Waals surface area (Å²) in [6.45, 7) is 6.93. The van der Waals surface area contributed by atoms with Gasteiger partial charge in [0, 0.05) is 19.2 Å². The average Bonchev–Trinajstić information content (AvgIpc) is 2.75. The van der Waals surface area contributed by atoms with Gasteiger partial charge >= 0.3 is 0 Å². The van der Waals surface area contributed by atoms with Crippen molar-refractivity contribution in [1.82, 2.24) is 14.8 Å². The maximum absolute atomic E-state index is 10.4. The molecule has 0 fully saturated rings. The zero-order chi connectivity index (χ0) is 14.7. The summed E-state index contributed by atoms with van der Waals surface area (Å²) in [5.74, 6) is 0. The highest BCUT2D eigenvalue weighted by Crippen LogP contribution is 2.27. The van der Waals surface area contributed by atoms with Crippen LogP contribution in [0.5, 0.6) is 0 Å². The Labute approximate surface area is 128 Å². The van der Waals surface area contributed by atoms with Crippen LogP contribution in [0.3, 0.4) is 0 Å². The van der Waals surface area contributed by atoms with Gasteiger partial charge in [-0.15, -0.1) is 0 Å². The molecule has 0 bridgehead atoms. The largest absolute Gasteiger partial charge is 0.386 e. The number of aryl methyl sites for hydroxylation is 3. The van der Waals surface area contributed by atoms with Crippen LogP contribution in [0.4, 0.5) is 0 Å². The summed E-state index contributed by atoms with van der Waals surface area (Å²) in [4.78, 5) is 4.25. The van der Waals surface area contributed by atoms with Gasteiger partial charge < -0.3 is 5.11 Å². The van der Waals surface area contributed by atoms with Crippen molar-refractivity contribution in [3.8, 4) is 0 Å². The quantitative estimate of drug-likeness (QED) is 0.911. The van der Waals surface area contributed by atoms with Crippen molar-refractivity contribution in [3.63, 3.8) is 0 Å². The van der Waals surface area contributed by atoms with Gasteiger partial charge in [0.1, 0.15) is 6.10 Å². The van der Waals surface area contributed by atoms with Gasteiger partial charge in [-0.2, -0.15) is 5.10 Å². The minimum Gasteiger partial charge on any atom is -0.386 e. The zero-order valence-electron chi connectivity index (χ0n) is 12.1. The molecule has 5 heteroatoms. The van der Waals surface area contributed by atoms with Crippen LogP contribution in [0.2, 0.25) is 0 Å². The van der Waals surface area contributed by atoms with Crippen molar-refractivity contribution in [2.75, 3.05) is 0 Å². The van der Waals surface area contributed by atoms with E-state index in [2.05, 4.69) is 39.9 Å². The van der Waals surface area contributed by atoms with E-state index in [1.54, 1.807) is 6.20 Å². The minimum atomic E-state index is -0.613. The molecule has 1 N–H and O–H groups in total. The summed E-state index contributed by atoms with van der Waals surface area (Å²) in [5.41, 5.74) is 3.87. The number of pyridine rings is 1. The van der Waals surface area contributed by atoms with E-state index in [1.165, 1.54) is 0 Å². The number of nitrogens with zero attached hydrogens (tertiary/aromatic N) is 3. The Morgan fingerprint density at radius 2 is 2.15 bits per heavy atom. The van der Waals surface area contributed by atoms with Crippen LogP contribution in [0.15, 0.2) is 22.8 Å². The van der Waals surface area contributed by atoms with Crippen molar-refractivity contribution < 1.29 is 5.11 Å². The van der Waals surface area contributed by atoms with E-state index < -0.39 is 6.10 Å². The molecule has 0 saturated heterocycles. The lowest BCUT2D eigenvalue weighted by Crippen LogP contribution is -2.10. The van der Waals surface area contributed by atoms with Gasteiger partial charge in [-0.3, -0.25) is 9.67 Å². The summed E-state index contributed by atoms with van der Waals surface area (Å²) in [6, 6.07) is 3.85. The topological polar surface area (TPSA) is 50.9 Å². The minimum absolute atomic E-state index is 0.512. The molecule has 2 rings (SSSR count). The van der Waals surface area contributed by atoms with Crippen molar-refractivity contribution >= 4 is 15.9 Å². The number of aliphatic hydroxyl groups is 1. The molecular weight excluding hydrogens is 318 g/mol. The molecule has 0 aliphatic rings. The molecule has 1 unspecified atom stereocenters. The third-order valence-electron chi connectivity index (χ3n) is 3.36. The molecule has 20 heavy (non-hydrogen) atoms. The van der Waals surface area contributed by atoms with E-state index in [1.807, 2.05) is 23.7 Å². The Hall–Kier alpha value is -1.20. The number of rotatable bonds is 5. The summed E-state index contributed by atoms with van der Waals surface area (Å²) in [6.07, 6.45) is 2.51. The standard InChI is InChI=1S/C15H20BrN3O/c1-4-11-15(16)13(19(5-2)18-11)9-14(20)12-8-10(3)6-7-17-12/h6-8,14,20H,4-5,9H2,1-3H3. The van der Waals surface area contributed by atoms with Crippen LogP contribution in [-0.2, 0) is 19.4 Å². The molecule has 0 spiro atoms. The molecule has 0 aliphatic carbocycles. The highest BCUT2D eigenvalue weighted by Gasteiger charge is 2.19. The second-order valence-corrected chi connectivity index (χ2v) is 5.65. The van der Waals surface area contributed by atoms with Gasteiger partial charge in [0.25, 0.3) is 0 Å². The second kappa shape index (κ2) is 6.50. The van der Waals surface area contributed by atoms with E-state index >= 15 is 0 Å². The van der Waals surface area contributed by atoms with Crippen molar-refractivity contribution in [2.45, 2.75) is 46.3 Å². The Bertz CT molecular complexity index is 595. The number of halogens is 1. The monoisotopic (exact) mass is 337 g/mol. The fourth-order valence-electron chi connectivity index (χ4n) is 2.24.